The summed E-state index contributed by atoms with van der Waals surface area (Å²) in [7, 11) is -3.25. The minimum Gasteiger partial charge on any atom is -0.344 e. The zero-order valence-corrected chi connectivity index (χ0v) is 11.2. The van der Waals surface area contributed by atoms with Gasteiger partial charge < -0.3 is 4.89 Å². The molecule has 10 nitrogen and oxygen atoms in total. The lowest BCUT2D eigenvalue weighted by atomic mass is 10.2. The minimum atomic E-state index is -3.25. The minimum absolute atomic E-state index is 0.0549. The molecule has 108 valence electrons. The van der Waals surface area contributed by atoms with E-state index in [0.29, 0.717) is 0 Å². The van der Waals surface area contributed by atoms with Gasteiger partial charge in [-0.15, -0.1) is 0 Å². The highest BCUT2D eigenvalue weighted by Crippen LogP contribution is 2.33. The van der Waals surface area contributed by atoms with Crippen molar-refractivity contribution in [2.75, 3.05) is 18.3 Å². The van der Waals surface area contributed by atoms with Gasteiger partial charge in [0, 0.05) is 18.9 Å². The van der Waals surface area contributed by atoms with Crippen LogP contribution in [0.5, 0.6) is 0 Å². The molecule has 0 heterocycles. The second-order valence-corrected chi connectivity index (χ2v) is 6.34. The Morgan fingerprint density at radius 1 is 1.40 bits per heavy atom. The van der Waals surface area contributed by atoms with E-state index in [1.807, 2.05) is 0 Å². The molecule has 0 aliphatic heterocycles. The molecule has 0 aromatic heterocycles. The van der Waals surface area contributed by atoms with Gasteiger partial charge in [-0.2, -0.15) is 5.10 Å². The molecule has 1 aromatic carbocycles. The molecule has 1 aromatic rings. The fourth-order valence-electron chi connectivity index (χ4n) is 1.19. The van der Waals surface area contributed by atoms with E-state index in [-0.39, 0.29) is 11.8 Å². The number of nitrogens with one attached hydrogen (secondary N) is 1. The highest BCUT2D eigenvalue weighted by molar-refractivity contribution is 7.58. The summed E-state index contributed by atoms with van der Waals surface area (Å²) in [5, 5.41) is 24.9. The topological polar surface area (TPSA) is 148 Å². The van der Waals surface area contributed by atoms with Gasteiger partial charge in [-0.25, -0.2) is 0 Å². The summed E-state index contributed by atoms with van der Waals surface area (Å²) >= 11 is 0. The van der Waals surface area contributed by atoms with Gasteiger partial charge in [0.25, 0.3) is 5.69 Å². The van der Waals surface area contributed by atoms with Crippen molar-refractivity contribution in [3.63, 3.8) is 0 Å². The fraction of sp³-hybridized carbons (Fsp3) is 0.222. The third kappa shape index (κ3) is 4.75. The van der Waals surface area contributed by atoms with Crippen LogP contribution in [-0.4, -0.2) is 33.8 Å². The van der Waals surface area contributed by atoms with Crippen LogP contribution in [0.25, 0.3) is 0 Å². The molecule has 0 amide bonds. The first kappa shape index (κ1) is 15.7. The molecular formula is C9H11N4O6P. The number of hydrogen-bond acceptors (Lipinski definition) is 7. The van der Waals surface area contributed by atoms with Crippen molar-refractivity contribution in [1.82, 2.24) is 0 Å². The average molecular weight is 302 g/mol. The number of benzene rings is 1. The monoisotopic (exact) mass is 302 g/mol. The summed E-state index contributed by atoms with van der Waals surface area (Å²) in [6.07, 6.45) is 0.909. The maximum atomic E-state index is 11.0. The van der Waals surface area contributed by atoms with Crippen LogP contribution in [0.15, 0.2) is 23.3 Å². The molecule has 0 aliphatic carbocycles. The molecule has 11 heteroatoms. The Morgan fingerprint density at radius 3 is 2.55 bits per heavy atom. The maximum Gasteiger partial charge on any atom is 0.301 e. The maximum absolute atomic E-state index is 11.0. The number of hydrogen-bond donors (Lipinski definition) is 2. The molecule has 0 bridgehead atoms. The van der Waals surface area contributed by atoms with Crippen molar-refractivity contribution >= 4 is 30.6 Å². The predicted octanol–water partition coefficient (Wildman–Crippen LogP) is 1.80. The van der Waals surface area contributed by atoms with Crippen LogP contribution in [0.2, 0.25) is 0 Å². The zero-order chi connectivity index (χ0) is 15.3. The second kappa shape index (κ2) is 6.22. The van der Waals surface area contributed by atoms with Crippen molar-refractivity contribution in [3.8, 4) is 0 Å². The fourth-order valence-corrected chi connectivity index (χ4v) is 1.57. The average Bonchev–Trinajstić information content (AvgIpc) is 2.33. The van der Waals surface area contributed by atoms with Crippen LogP contribution in [0.3, 0.4) is 0 Å². The summed E-state index contributed by atoms with van der Waals surface area (Å²) in [4.78, 5) is 28.8. The molecular weight excluding hydrogens is 291 g/mol. The van der Waals surface area contributed by atoms with Gasteiger partial charge in [-0.3, -0.25) is 30.2 Å². The molecule has 0 radical (unpaired) electrons. The van der Waals surface area contributed by atoms with E-state index in [0.717, 1.165) is 31.1 Å². The highest BCUT2D eigenvalue weighted by atomic mass is 31.2. The Balaban J connectivity index is 2.92. The predicted molar refractivity (Wildman–Crippen MR) is 72.5 cm³/mol. The van der Waals surface area contributed by atoms with Gasteiger partial charge >= 0.3 is 5.69 Å². The molecule has 0 saturated carbocycles. The molecule has 20 heavy (non-hydrogen) atoms. The number of rotatable bonds is 6. The number of anilines is 1. The van der Waals surface area contributed by atoms with E-state index in [2.05, 4.69) is 10.5 Å². The number of nitro benzene ring substituents is 2. The van der Waals surface area contributed by atoms with Crippen molar-refractivity contribution < 1.29 is 19.3 Å². The van der Waals surface area contributed by atoms with Crippen LogP contribution < -0.4 is 5.43 Å². The molecule has 2 N–H and O–H groups in total. The third-order valence-electron chi connectivity index (χ3n) is 2.09. The van der Waals surface area contributed by atoms with Crippen LogP contribution in [0, 0.1) is 20.2 Å². The van der Waals surface area contributed by atoms with Crippen LogP contribution in [0.1, 0.15) is 0 Å². The van der Waals surface area contributed by atoms with E-state index in [1.54, 1.807) is 0 Å². The van der Waals surface area contributed by atoms with E-state index < -0.39 is 28.6 Å². The highest BCUT2D eigenvalue weighted by Gasteiger charge is 2.19. The first-order chi connectivity index (χ1) is 9.20. The van der Waals surface area contributed by atoms with Crippen molar-refractivity contribution in [3.05, 3.63) is 38.4 Å². The smallest absolute Gasteiger partial charge is 0.301 e. The zero-order valence-electron chi connectivity index (χ0n) is 10.3. The van der Waals surface area contributed by atoms with Crippen molar-refractivity contribution in [2.45, 2.75) is 0 Å². The third-order valence-corrected chi connectivity index (χ3v) is 2.93. The van der Waals surface area contributed by atoms with Gasteiger partial charge in [-0.05, 0) is 6.07 Å². The van der Waals surface area contributed by atoms with Crippen LogP contribution in [-0.2, 0) is 4.57 Å². The summed E-state index contributed by atoms with van der Waals surface area (Å²) in [6, 6.07) is 3.02. The Labute approximate surface area is 112 Å². The number of nitro groups is 2. The van der Waals surface area contributed by atoms with Crippen molar-refractivity contribution in [2.24, 2.45) is 5.10 Å². The van der Waals surface area contributed by atoms with Gasteiger partial charge in [0.2, 0.25) is 7.37 Å². The van der Waals surface area contributed by atoms with E-state index in [1.165, 1.54) is 0 Å². The van der Waals surface area contributed by atoms with Crippen LogP contribution >= 0.6 is 7.37 Å². The summed E-state index contributed by atoms with van der Waals surface area (Å²) < 4.78 is 11.0. The first-order valence-electron chi connectivity index (χ1n) is 5.20. The SMILES string of the molecule is CP(=O)(O)CC=NNc1ccc([N+](=O)[O-])cc1[N+](=O)[O-]. The number of nitrogens with zero attached hydrogens (tertiary/aromatic N) is 3. The number of non-ortho nitro benzene ring substituents is 1. The normalized spacial score (nSPS) is 13.9. The number of hydrazone groups is 1. The molecule has 1 atom stereocenters. The Kier molecular flexibility index (Phi) is 4.89. The Morgan fingerprint density at radius 2 is 2.05 bits per heavy atom. The molecule has 1 rings (SSSR count). The summed E-state index contributed by atoms with van der Waals surface area (Å²) in [5.74, 6) is 0. The molecule has 1 unspecified atom stereocenters. The molecule has 0 fully saturated rings. The van der Waals surface area contributed by atoms with Gasteiger partial charge in [0.1, 0.15) is 5.69 Å². The first-order valence-corrected chi connectivity index (χ1v) is 7.49. The van der Waals surface area contributed by atoms with E-state index in [4.69, 9.17) is 4.89 Å². The molecule has 0 saturated heterocycles. The van der Waals surface area contributed by atoms with Gasteiger partial charge in [0.05, 0.1) is 22.1 Å². The second-order valence-electron chi connectivity index (χ2n) is 3.87. The Hall–Kier alpha value is -2.32. The standard InChI is InChI=1S/C9H11N4O6P/c1-20(18,19)5-4-10-11-8-3-2-7(12(14)15)6-9(8)13(16)17/h2-4,6,11H,5H2,1H3,(H,18,19). The van der Waals surface area contributed by atoms with Gasteiger partial charge in [-0.1, -0.05) is 0 Å². The summed E-state index contributed by atoms with van der Waals surface area (Å²) in [5.41, 5.74) is 1.32. The molecule has 0 aliphatic rings. The van der Waals surface area contributed by atoms with E-state index in [9.17, 15) is 24.8 Å². The van der Waals surface area contributed by atoms with E-state index >= 15 is 0 Å². The Bertz CT molecular complexity index is 610. The molecule has 0 spiro atoms. The lowest BCUT2D eigenvalue weighted by molar-refractivity contribution is -0.393. The van der Waals surface area contributed by atoms with Gasteiger partial charge in [0.15, 0.2) is 0 Å². The van der Waals surface area contributed by atoms with Crippen molar-refractivity contribution in [1.29, 1.82) is 0 Å². The quantitative estimate of drug-likeness (QED) is 0.352. The lowest BCUT2D eigenvalue weighted by Gasteiger charge is -2.02. The lowest BCUT2D eigenvalue weighted by Crippen LogP contribution is -1.99. The summed E-state index contributed by atoms with van der Waals surface area (Å²) in [6.45, 7) is 1.15. The largest absolute Gasteiger partial charge is 0.344 e. The van der Waals surface area contributed by atoms with Crippen LogP contribution in [0.4, 0.5) is 17.1 Å².